The van der Waals surface area contributed by atoms with E-state index in [4.69, 9.17) is 4.74 Å². The average Bonchev–Trinajstić information content (AvgIpc) is 3.19. The minimum absolute atomic E-state index is 0.0331. The number of fused-ring (bicyclic) bond motifs is 1. The molecule has 2 aromatic heterocycles. The molecule has 0 radical (unpaired) electrons. The molecule has 10 heteroatoms. The van der Waals surface area contributed by atoms with Crippen molar-refractivity contribution in [2.24, 2.45) is 16.8 Å². The first-order chi connectivity index (χ1) is 18.8. The van der Waals surface area contributed by atoms with Crippen molar-refractivity contribution in [2.45, 2.75) is 53.3 Å². The summed E-state index contributed by atoms with van der Waals surface area (Å²) in [6.45, 7) is 10.5. The number of alkyl halides is 3. The Morgan fingerprint density at radius 1 is 1.18 bits per heavy atom. The lowest BCUT2D eigenvalue weighted by molar-refractivity contribution is -0.0924. The average molecular weight is 563 g/mol. The number of hydrogen-bond donors (Lipinski definition) is 0. The number of likely N-dealkylation sites (N-methyl/N-ethyl adjacent to an activating group) is 1. The van der Waals surface area contributed by atoms with Gasteiger partial charge in [0.05, 0.1) is 35.4 Å². The number of benzene rings is 1. The molecule has 0 saturated carbocycles. The van der Waals surface area contributed by atoms with Crippen molar-refractivity contribution in [1.82, 2.24) is 14.3 Å². The summed E-state index contributed by atoms with van der Waals surface area (Å²) in [5, 5.41) is 0. The highest BCUT2D eigenvalue weighted by Gasteiger charge is 2.35. The molecule has 1 aliphatic rings. The van der Waals surface area contributed by atoms with Crippen molar-refractivity contribution in [2.75, 3.05) is 26.7 Å². The van der Waals surface area contributed by atoms with Gasteiger partial charge in [-0.25, -0.2) is 18.8 Å². The monoisotopic (exact) mass is 562 g/mol. The molecule has 2 atom stereocenters. The number of aryl methyl sites for hydroxylation is 1. The van der Waals surface area contributed by atoms with Crippen LogP contribution in [-0.4, -0.2) is 59.0 Å². The summed E-state index contributed by atoms with van der Waals surface area (Å²) in [5.74, 6) is -2.47. The van der Waals surface area contributed by atoms with Gasteiger partial charge in [-0.1, -0.05) is 26.8 Å². The largest absolute Gasteiger partial charge is 0.433 e. The summed E-state index contributed by atoms with van der Waals surface area (Å²) in [6, 6.07) is 5.84. The van der Waals surface area contributed by atoms with E-state index in [1.165, 1.54) is 6.92 Å². The van der Waals surface area contributed by atoms with Crippen LogP contribution < -0.4 is 0 Å². The Morgan fingerprint density at radius 3 is 2.42 bits per heavy atom. The van der Waals surface area contributed by atoms with Gasteiger partial charge in [0.15, 0.2) is 0 Å². The quantitative estimate of drug-likeness (QED) is 0.230. The van der Waals surface area contributed by atoms with E-state index in [1.807, 2.05) is 50.5 Å². The smallest absolute Gasteiger partial charge is 0.375 e. The molecule has 3 heterocycles. The maximum Gasteiger partial charge on any atom is 0.433 e. The molecule has 1 fully saturated rings. The number of ether oxygens (including phenoxy) is 1. The Hall–Kier alpha value is -3.11. The summed E-state index contributed by atoms with van der Waals surface area (Å²) in [5.41, 5.74) is 0.695. The van der Waals surface area contributed by atoms with Gasteiger partial charge in [-0.2, -0.15) is 13.2 Å². The number of aromatic nitrogens is 2. The lowest BCUT2D eigenvalue weighted by Crippen LogP contribution is -2.41. The van der Waals surface area contributed by atoms with Gasteiger partial charge in [-0.05, 0) is 56.6 Å². The maximum atomic E-state index is 15.9. The number of morpholine rings is 1. The van der Waals surface area contributed by atoms with E-state index in [-0.39, 0.29) is 34.6 Å². The Morgan fingerprint density at radius 2 is 1.85 bits per heavy atom. The van der Waals surface area contributed by atoms with Crippen LogP contribution in [0.3, 0.4) is 0 Å². The highest BCUT2D eigenvalue weighted by atomic mass is 19.4. The zero-order chi connectivity index (χ0) is 29.4. The minimum Gasteiger partial charge on any atom is -0.375 e. The van der Waals surface area contributed by atoms with Crippen LogP contribution in [0.2, 0.25) is 0 Å². The third kappa shape index (κ3) is 6.28. The van der Waals surface area contributed by atoms with Crippen molar-refractivity contribution in [1.29, 1.82) is 0 Å². The van der Waals surface area contributed by atoms with Crippen molar-refractivity contribution < 1.29 is 26.7 Å². The molecule has 3 aromatic rings. The number of nitrogens with zero attached hydrogens (tertiary/aromatic N) is 4. The molecule has 4 rings (SSSR count). The van der Waals surface area contributed by atoms with Crippen LogP contribution in [0, 0.1) is 30.4 Å². The van der Waals surface area contributed by atoms with E-state index < -0.39 is 29.4 Å². The molecule has 2 unspecified atom stereocenters. The van der Waals surface area contributed by atoms with Gasteiger partial charge >= 0.3 is 6.18 Å². The van der Waals surface area contributed by atoms with E-state index in [0.717, 1.165) is 30.3 Å². The van der Waals surface area contributed by atoms with E-state index in [1.54, 1.807) is 6.92 Å². The molecule has 5 nitrogen and oxygen atoms in total. The van der Waals surface area contributed by atoms with Crippen LogP contribution in [0.5, 0.6) is 0 Å². The third-order valence-corrected chi connectivity index (χ3v) is 7.45. The first kappa shape index (κ1) is 29.9. The fraction of sp³-hybridized carbons (Fsp3) is 0.467. The van der Waals surface area contributed by atoms with Crippen LogP contribution in [0.1, 0.15) is 44.5 Å². The minimum atomic E-state index is -4.70. The molecule has 0 amide bonds. The normalized spacial score (nSPS) is 18.6. The van der Waals surface area contributed by atoms with Crippen LogP contribution in [0.15, 0.2) is 47.2 Å². The Balaban J connectivity index is 1.86. The highest BCUT2D eigenvalue weighted by molar-refractivity contribution is 6.03. The number of imidazole rings is 1. The van der Waals surface area contributed by atoms with E-state index in [9.17, 15) is 13.2 Å². The summed E-state index contributed by atoms with van der Waals surface area (Å²) in [4.78, 5) is 10.6. The summed E-state index contributed by atoms with van der Waals surface area (Å²) in [7, 11) is 1.99. The SMILES string of the molecule is C/C=C(\N=C(c1cc(F)c(-c2nc3cc(C)ccn3c2CC2CN(C)CCO2)c(F)c1)C(C)C(C)C)C(F)(F)F. The molecule has 0 N–H and O–H groups in total. The molecule has 0 aliphatic carbocycles. The molecule has 40 heavy (non-hydrogen) atoms. The second-order valence-electron chi connectivity index (χ2n) is 10.8. The lowest BCUT2D eigenvalue weighted by atomic mass is 9.88. The highest BCUT2D eigenvalue weighted by Crippen LogP contribution is 2.34. The number of aliphatic imine (C=N–C) groups is 1. The number of allylic oxidation sites excluding steroid dienone is 2. The van der Waals surface area contributed by atoms with Gasteiger partial charge in [0.2, 0.25) is 0 Å². The zero-order valence-electron chi connectivity index (χ0n) is 23.6. The van der Waals surface area contributed by atoms with Gasteiger partial charge in [0, 0.05) is 37.2 Å². The van der Waals surface area contributed by atoms with Gasteiger partial charge in [0.1, 0.15) is 23.0 Å². The van der Waals surface area contributed by atoms with Gasteiger partial charge in [0.25, 0.3) is 0 Å². The number of halogens is 5. The van der Waals surface area contributed by atoms with Crippen molar-refractivity contribution in [3.63, 3.8) is 0 Å². The Labute approximate surface area is 231 Å². The second-order valence-corrected chi connectivity index (χ2v) is 10.8. The topological polar surface area (TPSA) is 42.1 Å². The third-order valence-electron chi connectivity index (χ3n) is 7.45. The lowest BCUT2D eigenvalue weighted by Gasteiger charge is -2.30. The molecule has 0 spiro atoms. The summed E-state index contributed by atoms with van der Waals surface area (Å²) >= 11 is 0. The fourth-order valence-corrected chi connectivity index (χ4v) is 4.91. The molecule has 216 valence electrons. The standard InChI is InChI=1S/C30H35F5N4O/c1-7-25(30(33,34)35)36-28(19(5)17(2)3)20-13-22(31)27(23(32)14-20)29-24(15-21-16-38(6)10-11-40-21)39-9-8-18(4)12-26(39)37-29/h7-9,12-14,17,19,21H,10-11,15-16H2,1-6H3/b25-7-,36-28?. The second kappa shape index (κ2) is 11.8. The molecule has 1 aliphatic heterocycles. The van der Waals surface area contributed by atoms with E-state index >= 15 is 8.78 Å². The first-order valence-electron chi connectivity index (χ1n) is 13.4. The Bertz CT molecular complexity index is 1420. The van der Waals surface area contributed by atoms with Crippen LogP contribution in [-0.2, 0) is 11.2 Å². The molecular weight excluding hydrogens is 527 g/mol. The van der Waals surface area contributed by atoms with Gasteiger partial charge in [-0.15, -0.1) is 0 Å². The van der Waals surface area contributed by atoms with Crippen molar-refractivity contribution in [3.8, 4) is 11.3 Å². The van der Waals surface area contributed by atoms with Crippen LogP contribution >= 0.6 is 0 Å². The summed E-state index contributed by atoms with van der Waals surface area (Å²) < 4.78 is 80.2. The molecular formula is C30H35F5N4O. The number of hydrogen-bond acceptors (Lipinski definition) is 4. The van der Waals surface area contributed by atoms with Gasteiger partial charge in [-0.3, -0.25) is 0 Å². The van der Waals surface area contributed by atoms with E-state index in [2.05, 4.69) is 14.9 Å². The van der Waals surface area contributed by atoms with Crippen LogP contribution in [0.4, 0.5) is 22.0 Å². The maximum absolute atomic E-state index is 15.9. The predicted molar refractivity (Wildman–Crippen MR) is 147 cm³/mol. The Kier molecular flexibility index (Phi) is 8.80. The summed E-state index contributed by atoms with van der Waals surface area (Å²) in [6.07, 6.45) is -1.86. The van der Waals surface area contributed by atoms with Crippen molar-refractivity contribution >= 4 is 11.4 Å². The first-order valence-corrected chi connectivity index (χ1v) is 13.4. The zero-order valence-corrected chi connectivity index (χ0v) is 23.6. The van der Waals surface area contributed by atoms with Gasteiger partial charge < -0.3 is 14.0 Å². The number of rotatable bonds is 7. The van der Waals surface area contributed by atoms with Crippen LogP contribution in [0.25, 0.3) is 16.9 Å². The molecule has 0 bridgehead atoms. The van der Waals surface area contributed by atoms with Crippen molar-refractivity contribution in [3.05, 3.63) is 70.7 Å². The number of pyridine rings is 1. The molecule has 1 aromatic carbocycles. The fourth-order valence-electron chi connectivity index (χ4n) is 4.91. The molecule has 1 saturated heterocycles. The predicted octanol–water partition coefficient (Wildman–Crippen LogP) is 7.01. The van der Waals surface area contributed by atoms with E-state index in [0.29, 0.717) is 30.9 Å².